The van der Waals surface area contributed by atoms with Gasteiger partial charge in [0.05, 0.1) is 17.8 Å². The Bertz CT molecular complexity index is 1010. The minimum Gasteiger partial charge on any atom is -0.352 e. The van der Waals surface area contributed by atoms with Gasteiger partial charge in [0.25, 0.3) is 0 Å². The van der Waals surface area contributed by atoms with Crippen molar-refractivity contribution in [3.8, 4) is 0 Å². The van der Waals surface area contributed by atoms with Gasteiger partial charge in [-0.15, -0.1) is 0 Å². The molecule has 1 N–H and O–H groups in total. The van der Waals surface area contributed by atoms with E-state index in [0.29, 0.717) is 5.92 Å². The Morgan fingerprint density at radius 3 is 2.53 bits per heavy atom. The van der Waals surface area contributed by atoms with Gasteiger partial charge in [-0.3, -0.25) is 9.97 Å². The largest absolute Gasteiger partial charge is 0.352 e. The van der Waals surface area contributed by atoms with Crippen molar-refractivity contribution < 1.29 is 0 Å². The fraction of sp³-hybridized carbons (Fsp3) is 0.375. The predicted octanol–water partition coefficient (Wildman–Crippen LogP) is 4.57. The lowest BCUT2D eigenvalue weighted by molar-refractivity contribution is 0.286. The summed E-state index contributed by atoms with van der Waals surface area (Å²) < 4.78 is 2.38. The minimum absolute atomic E-state index is 0.0346. The van der Waals surface area contributed by atoms with Crippen LogP contribution < -0.4 is 5.32 Å². The third-order valence-corrected chi connectivity index (χ3v) is 6.13. The zero-order valence-corrected chi connectivity index (χ0v) is 18.9. The fourth-order valence-corrected chi connectivity index (χ4v) is 4.69. The van der Waals surface area contributed by atoms with Crippen LogP contribution in [0.25, 0.3) is 0 Å². The quantitative estimate of drug-likeness (QED) is 0.593. The molecule has 0 unspecified atom stereocenters. The van der Waals surface area contributed by atoms with Crippen LogP contribution in [-0.4, -0.2) is 31.1 Å². The topological polar surface area (TPSA) is 46.0 Å². The Morgan fingerprint density at radius 1 is 1.10 bits per heavy atom. The highest BCUT2D eigenvalue weighted by Crippen LogP contribution is 2.41. The molecule has 1 aliphatic heterocycles. The second kappa shape index (κ2) is 8.56. The van der Waals surface area contributed by atoms with Crippen LogP contribution in [0.1, 0.15) is 54.1 Å². The van der Waals surface area contributed by atoms with E-state index >= 15 is 0 Å². The van der Waals surface area contributed by atoms with Crippen LogP contribution in [0.15, 0.2) is 55.0 Å². The van der Waals surface area contributed by atoms with E-state index in [1.165, 1.54) is 22.5 Å². The third kappa shape index (κ3) is 3.97. The lowest BCUT2D eigenvalue weighted by Gasteiger charge is -2.29. The van der Waals surface area contributed by atoms with Gasteiger partial charge in [0.15, 0.2) is 5.11 Å². The predicted molar refractivity (Wildman–Crippen MR) is 124 cm³/mol. The molecule has 4 rings (SSSR count). The molecule has 0 radical (unpaired) electrons. The number of aryl methyl sites for hydroxylation is 1. The maximum absolute atomic E-state index is 5.77. The van der Waals surface area contributed by atoms with E-state index in [1.807, 2.05) is 30.7 Å². The van der Waals surface area contributed by atoms with E-state index in [0.717, 1.165) is 23.9 Å². The molecule has 5 nitrogen and oxygen atoms in total. The van der Waals surface area contributed by atoms with Crippen molar-refractivity contribution in [2.24, 2.45) is 5.92 Å². The molecule has 1 saturated heterocycles. The standard InChI is InChI=1S/C24H29N5S/c1-16(2)14-29-23(22(27-24(29)30)21-7-5-6-10-26-21)20-13-17(3)28(18(20)4)15-19-8-11-25-12-9-19/h5-13,16,22-23H,14-15H2,1-4H3,(H,27,30)/t22-,23-/m0/s1. The van der Waals surface area contributed by atoms with Crippen molar-refractivity contribution in [1.29, 1.82) is 0 Å². The number of aromatic nitrogens is 3. The number of hydrogen-bond donors (Lipinski definition) is 1. The number of thiocarbonyl (C=S) groups is 1. The van der Waals surface area contributed by atoms with Crippen LogP contribution in [0.2, 0.25) is 0 Å². The zero-order valence-electron chi connectivity index (χ0n) is 18.0. The zero-order chi connectivity index (χ0) is 21.3. The molecule has 0 aromatic carbocycles. The molecular weight excluding hydrogens is 390 g/mol. The molecule has 30 heavy (non-hydrogen) atoms. The van der Waals surface area contributed by atoms with Crippen LogP contribution in [0.5, 0.6) is 0 Å². The molecule has 0 aliphatic carbocycles. The summed E-state index contributed by atoms with van der Waals surface area (Å²) in [6.07, 6.45) is 5.56. The van der Waals surface area contributed by atoms with Crippen molar-refractivity contribution >= 4 is 17.3 Å². The Kier molecular flexibility index (Phi) is 5.86. The maximum Gasteiger partial charge on any atom is 0.170 e. The molecular formula is C24H29N5S. The summed E-state index contributed by atoms with van der Waals surface area (Å²) in [5.74, 6) is 0.509. The summed E-state index contributed by atoms with van der Waals surface area (Å²) >= 11 is 5.77. The van der Waals surface area contributed by atoms with E-state index in [9.17, 15) is 0 Å². The Labute approximate surface area is 184 Å². The van der Waals surface area contributed by atoms with Crippen LogP contribution >= 0.6 is 12.2 Å². The maximum atomic E-state index is 5.77. The highest BCUT2D eigenvalue weighted by molar-refractivity contribution is 7.80. The summed E-state index contributed by atoms with van der Waals surface area (Å²) in [5, 5.41) is 4.37. The number of rotatable bonds is 6. The van der Waals surface area contributed by atoms with E-state index in [1.54, 1.807) is 0 Å². The van der Waals surface area contributed by atoms with Gasteiger partial charge < -0.3 is 14.8 Å². The molecule has 6 heteroatoms. The van der Waals surface area contributed by atoms with E-state index < -0.39 is 0 Å². The highest BCUT2D eigenvalue weighted by atomic mass is 32.1. The first-order valence-corrected chi connectivity index (χ1v) is 10.9. The Hall–Kier alpha value is -2.73. The first-order valence-electron chi connectivity index (χ1n) is 10.5. The van der Waals surface area contributed by atoms with Crippen molar-refractivity contribution in [3.05, 3.63) is 83.2 Å². The first-order chi connectivity index (χ1) is 14.5. The molecule has 3 aromatic rings. The van der Waals surface area contributed by atoms with Crippen LogP contribution in [-0.2, 0) is 6.54 Å². The van der Waals surface area contributed by atoms with Crippen molar-refractivity contribution in [3.63, 3.8) is 0 Å². The molecule has 0 bridgehead atoms. The molecule has 3 aromatic heterocycles. The van der Waals surface area contributed by atoms with Gasteiger partial charge in [0.1, 0.15) is 0 Å². The molecule has 0 spiro atoms. The lowest BCUT2D eigenvalue weighted by atomic mass is 9.96. The van der Waals surface area contributed by atoms with Gasteiger partial charge >= 0.3 is 0 Å². The van der Waals surface area contributed by atoms with E-state index in [-0.39, 0.29) is 12.1 Å². The van der Waals surface area contributed by atoms with Crippen LogP contribution in [0.3, 0.4) is 0 Å². The molecule has 0 amide bonds. The van der Waals surface area contributed by atoms with Gasteiger partial charge in [-0.25, -0.2) is 0 Å². The van der Waals surface area contributed by atoms with Crippen molar-refractivity contribution in [2.45, 2.75) is 46.3 Å². The normalized spacial score (nSPS) is 18.8. The Balaban J connectivity index is 1.76. The summed E-state index contributed by atoms with van der Waals surface area (Å²) in [5.41, 5.74) is 6.11. The number of pyridine rings is 2. The summed E-state index contributed by atoms with van der Waals surface area (Å²) in [7, 11) is 0. The average molecular weight is 420 g/mol. The molecule has 1 fully saturated rings. The van der Waals surface area contributed by atoms with E-state index in [4.69, 9.17) is 12.2 Å². The van der Waals surface area contributed by atoms with Crippen molar-refractivity contribution in [2.75, 3.05) is 6.54 Å². The molecule has 1 aliphatic rings. The average Bonchev–Trinajstić information content (AvgIpc) is 3.20. The lowest BCUT2D eigenvalue weighted by Crippen LogP contribution is -2.33. The van der Waals surface area contributed by atoms with Gasteiger partial charge in [0.2, 0.25) is 0 Å². The first kappa shape index (κ1) is 20.5. The number of nitrogens with one attached hydrogen (secondary N) is 1. The molecule has 4 heterocycles. The molecule has 2 atom stereocenters. The second-order valence-corrected chi connectivity index (χ2v) is 8.83. The Morgan fingerprint density at radius 2 is 1.87 bits per heavy atom. The smallest absolute Gasteiger partial charge is 0.170 e. The fourth-order valence-electron chi connectivity index (χ4n) is 4.38. The summed E-state index contributed by atoms with van der Waals surface area (Å²) in [6, 6.07) is 12.7. The summed E-state index contributed by atoms with van der Waals surface area (Å²) in [4.78, 5) is 11.1. The van der Waals surface area contributed by atoms with Crippen LogP contribution in [0, 0.1) is 19.8 Å². The van der Waals surface area contributed by atoms with Gasteiger partial charge in [-0.1, -0.05) is 19.9 Å². The monoisotopic (exact) mass is 419 g/mol. The number of nitrogens with zero attached hydrogens (tertiary/aromatic N) is 4. The second-order valence-electron chi connectivity index (χ2n) is 8.44. The molecule has 0 saturated carbocycles. The third-order valence-electron chi connectivity index (χ3n) is 5.78. The van der Waals surface area contributed by atoms with Gasteiger partial charge in [0, 0.05) is 43.1 Å². The summed E-state index contributed by atoms with van der Waals surface area (Å²) in [6.45, 7) is 10.6. The van der Waals surface area contributed by atoms with Gasteiger partial charge in [-0.05, 0) is 73.4 Å². The minimum atomic E-state index is 0.0346. The molecule has 156 valence electrons. The number of hydrogen-bond acceptors (Lipinski definition) is 3. The highest BCUT2D eigenvalue weighted by Gasteiger charge is 2.41. The van der Waals surface area contributed by atoms with Gasteiger partial charge in [-0.2, -0.15) is 0 Å². The SMILES string of the molecule is Cc1cc([C@H]2[C@H](c3ccccn3)NC(=S)N2CC(C)C)c(C)n1Cc1ccncc1. The van der Waals surface area contributed by atoms with Crippen molar-refractivity contribution in [1.82, 2.24) is 24.8 Å². The van der Waals surface area contributed by atoms with E-state index in [2.05, 4.69) is 76.7 Å². The van der Waals surface area contributed by atoms with Crippen LogP contribution in [0.4, 0.5) is 0 Å².